The molecule has 0 saturated heterocycles. The van der Waals surface area contributed by atoms with E-state index in [9.17, 15) is 0 Å². The number of hydrogen-bond donors (Lipinski definition) is 3. The van der Waals surface area contributed by atoms with E-state index in [-0.39, 0.29) is 6.04 Å². The van der Waals surface area contributed by atoms with Crippen molar-refractivity contribution in [3.8, 4) is 5.75 Å². The molecule has 0 fully saturated rings. The lowest BCUT2D eigenvalue weighted by Gasteiger charge is -2.23. The van der Waals surface area contributed by atoms with Gasteiger partial charge in [0.15, 0.2) is 11.6 Å². The Labute approximate surface area is 107 Å². The first kappa shape index (κ1) is 14.5. The number of aromatic nitrogens is 2. The minimum atomic E-state index is 0.129. The van der Waals surface area contributed by atoms with Gasteiger partial charge in [-0.05, 0) is 5.92 Å². The standard InChI is InChI=1S/C11H21N5O2/c1-7(2)8(5-17-3)15-10-9(18-4)11(16-12)14-6-13-10/h6-8H,5,12H2,1-4H3,(H2,13,14,15,16). The van der Waals surface area contributed by atoms with E-state index in [0.29, 0.717) is 29.9 Å². The van der Waals surface area contributed by atoms with Gasteiger partial charge in [-0.25, -0.2) is 15.8 Å². The first-order valence-corrected chi connectivity index (χ1v) is 5.75. The molecular formula is C11H21N5O2. The number of nitrogens with zero attached hydrogens (tertiary/aromatic N) is 2. The monoisotopic (exact) mass is 255 g/mol. The van der Waals surface area contributed by atoms with Gasteiger partial charge in [-0.1, -0.05) is 13.8 Å². The third-order valence-corrected chi connectivity index (χ3v) is 2.62. The summed E-state index contributed by atoms with van der Waals surface area (Å²) >= 11 is 0. The zero-order valence-corrected chi connectivity index (χ0v) is 11.2. The Kier molecular flexibility index (Phi) is 5.60. The summed E-state index contributed by atoms with van der Waals surface area (Å²) in [6.45, 7) is 4.79. The lowest BCUT2D eigenvalue weighted by atomic mass is 10.1. The third-order valence-electron chi connectivity index (χ3n) is 2.62. The fourth-order valence-electron chi connectivity index (χ4n) is 1.53. The van der Waals surface area contributed by atoms with E-state index in [1.807, 2.05) is 0 Å². The summed E-state index contributed by atoms with van der Waals surface area (Å²) in [4.78, 5) is 8.15. The van der Waals surface area contributed by atoms with Crippen molar-refractivity contribution in [3.63, 3.8) is 0 Å². The lowest BCUT2D eigenvalue weighted by molar-refractivity contribution is 0.171. The van der Waals surface area contributed by atoms with Crippen LogP contribution in [0.1, 0.15) is 13.8 Å². The minimum Gasteiger partial charge on any atom is -0.490 e. The number of anilines is 2. The van der Waals surface area contributed by atoms with Crippen molar-refractivity contribution in [1.29, 1.82) is 0 Å². The van der Waals surface area contributed by atoms with E-state index in [4.69, 9.17) is 15.3 Å². The van der Waals surface area contributed by atoms with Gasteiger partial charge in [0, 0.05) is 7.11 Å². The average Bonchev–Trinajstić information content (AvgIpc) is 2.37. The summed E-state index contributed by atoms with van der Waals surface area (Å²) in [5.74, 6) is 7.28. The highest BCUT2D eigenvalue weighted by Crippen LogP contribution is 2.29. The van der Waals surface area contributed by atoms with Crippen LogP contribution in [-0.2, 0) is 4.74 Å². The number of hydrogen-bond acceptors (Lipinski definition) is 7. The van der Waals surface area contributed by atoms with Crippen molar-refractivity contribution in [2.24, 2.45) is 11.8 Å². The van der Waals surface area contributed by atoms with Gasteiger partial charge in [-0.3, -0.25) is 0 Å². The predicted molar refractivity (Wildman–Crippen MR) is 70.5 cm³/mol. The molecule has 0 amide bonds. The van der Waals surface area contributed by atoms with Gasteiger partial charge in [0.05, 0.1) is 19.8 Å². The Morgan fingerprint density at radius 2 is 1.94 bits per heavy atom. The number of nitrogens with two attached hydrogens (primary N) is 1. The number of rotatable bonds is 7. The maximum atomic E-state index is 5.37. The van der Waals surface area contributed by atoms with Crippen molar-refractivity contribution in [2.45, 2.75) is 19.9 Å². The molecule has 0 bridgehead atoms. The van der Waals surface area contributed by atoms with E-state index < -0.39 is 0 Å². The van der Waals surface area contributed by atoms with E-state index in [1.54, 1.807) is 14.2 Å². The summed E-state index contributed by atoms with van der Waals surface area (Å²) in [7, 11) is 3.21. The molecule has 1 heterocycles. The molecule has 0 aliphatic rings. The van der Waals surface area contributed by atoms with Gasteiger partial charge in [0.1, 0.15) is 6.33 Å². The molecule has 1 unspecified atom stereocenters. The van der Waals surface area contributed by atoms with E-state index in [2.05, 4.69) is 34.6 Å². The summed E-state index contributed by atoms with van der Waals surface area (Å²) in [5.41, 5.74) is 2.47. The smallest absolute Gasteiger partial charge is 0.205 e. The van der Waals surface area contributed by atoms with Gasteiger partial charge in [-0.15, -0.1) is 0 Å². The molecule has 0 aromatic carbocycles. The van der Waals surface area contributed by atoms with Crippen LogP contribution < -0.4 is 21.3 Å². The molecule has 0 aliphatic carbocycles. The van der Waals surface area contributed by atoms with Gasteiger partial charge in [0.2, 0.25) is 5.75 Å². The van der Waals surface area contributed by atoms with Crippen molar-refractivity contribution in [3.05, 3.63) is 6.33 Å². The van der Waals surface area contributed by atoms with Crippen molar-refractivity contribution in [1.82, 2.24) is 9.97 Å². The molecule has 4 N–H and O–H groups in total. The highest BCUT2D eigenvalue weighted by atomic mass is 16.5. The Hall–Kier alpha value is -1.60. The molecule has 1 aromatic rings. The van der Waals surface area contributed by atoms with Crippen LogP contribution in [0.5, 0.6) is 5.75 Å². The van der Waals surface area contributed by atoms with Crippen LogP contribution in [0.3, 0.4) is 0 Å². The maximum absolute atomic E-state index is 5.37. The van der Waals surface area contributed by atoms with Crippen LogP contribution in [0.15, 0.2) is 6.33 Å². The minimum absolute atomic E-state index is 0.129. The second kappa shape index (κ2) is 6.97. The van der Waals surface area contributed by atoms with Crippen LogP contribution in [-0.4, -0.2) is 36.8 Å². The van der Waals surface area contributed by atoms with Crippen LogP contribution in [0.2, 0.25) is 0 Å². The fraction of sp³-hybridized carbons (Fsp3) is 0.636. The lowest BCUT2D eigenvalue weighted by Crippen LogP contribution is -2.31. The van der Waals surface area contributed by atoms with Crippen molar-refractivity contribution in [2.75, 3.05) is 31.6 Å². The number of hydrazine groups is 1. The molecule has 18 heavy (non-hydrogen) atoms. The molecule has 1 aromatic heterocycles. The molecule has 1 rings (SSSR count). The van der Waals surface area contributed by atoms with E-state index in [1.165, 1.54) is 6.33 Å². The SMILES string of the molecule is COCC(Nc1ncnc(NN)c1OC)C(C)C. The summed E-state index contributed by atoms with van der Waals surface area (Å²) in [5, 5.41) is 3.28. The topological polar surface area (TPSA) is 94.3 Å². The molecule has 7 nitrogen and oxygen atoms in total. The second-order valence-electron chi connectivity index (χ2n) is 4.20. The summed E-state index contributed by atoms with van der Waals surface area (Å²) < 4.78 is 10.4. The molecule has 1 atom stereocenters. The normalized spacial score (nSPS) is 12.3. The largest absolute Gasteiger partial charge is 0.490 e. The average molecular weight is 255 g/mol. The summed E-state index contributed by atoms with van der Waals surface area (Å²) in [6.07, 6.45) is 1.42. The van der Waals surface area contributed by atoms with Gasteiger partial charge in [0.25, 0.3) is 0 Å². The van der Waals surface area contributed by atoms with E-state index in [0.717, 1.165) is 0 Å². The van der Waals surface area contributed by atoms with Crippen molar-refractivity contribution < 1.29 is 9.47 Å². The molecular weight excluding hydrogens is 234 g/mol. The number of nitrogen functional groups attached to an aromatic ring is 1. The molecule has 0 radical (unpaired) electrons. The highest BCUT2D eigenvalue weighted by Gasteiger charge is 2.18. The van der Waals surface area contributed by atoms with Crippen LogP contribution in [0.4, 0.5) is 11.6 Å². The quantitative estimate of drug-likeness (QED) is 0.491. The third kappa shape index (κ3) is 3.44. The highest BCUT2D eigenvalue weighted by molar-refractivity contribution is 5.63. The van der Waals surface area contributed by atoms with Gasteiger partial charge in [-0.2, -0.15) is 0 Å². The van der Waals surface area contributed by atoms with Crippen LogP contribution >= 0.6 is 0 Å². The molecule has 102 valence electrons. The fourth-order valence-corrected chi connectivity index (χ4v) is 1.53. The molecule has 0 spiro atoms. The first-order chi connectivity index (χ1) is 8.63. The summed E-state index contributed by atoms with van der Waals surface area (Å²) in [6, 6.07) is 0.129. The molecule has 7 heteroatoms. The first-order valence-electron chi connectivity index (χ1n) is 5.75. The number of ether oxygens (including phenoxy) is 2. The van der Waals surface area contributed by atoms with Gasteiger partial charge >= 0.3 is 0 Å². The maximum Gasteiger partial charge on any atom is 0.205 e. The Balaban J connectivity index is 2.94. The molecule has 0 saturated carbocycles. The van der Waals surface area contributed by atoms with Crippen molar-refractivity contribution >= 4 is 11.6 Å². The Bertz CT molecular complexity index is 372. The second-order valence-corrected chi connectivity index (χ2v) is 4.20. The van der Waals surface area contributed by atoms with Gasteiger partial charge < -0.3 is 20.2 Å². The Morgan fingerprint density at radius 1 is 1.28 bits per heavy atom. The van der Waals surface area contributed by atoms with Crippen LogP contribution in [0, 0.1) is 5.92 Å². The predicted octanol–water partition coefficient (Wildman–Crippen LogP) is 0.854. The number of methoxy groups -OCH3 is 2. The zero-order chi connectivity index (χ0) is 13.5. The molecule has 0 aliphatic heterocycles. The Morgan fingerprint density at radius 3 is 2.44 bits per heavy atom. The van der Waals surface area contributed by atoms with Crippen LogP contribution in [0.25, 0.3) is 0 Å². The number of nitrogens with one attached hydrogen (secondary N) is 2. The van der Waals surface area contributed by atoms with E-state index >= 15 is 0 Å². The zero-order valence-electron chi connectivity index (χ0n) is 11.2.